The molecule has 1 aromatic rings. The summed E-state index contributed by atoms with van der Waals surface area (Å²) < 4.78 is 1.62. The van der Waals surface area contributed by atoms with Gasteiger partial charge in [0.15, 0.2) is 0 Å². The highest BCUT2D eigenvalue weighted by Crippen LogP contribution is 2.49. The molecule has 1 aromatic carbocycles. The predicted molar refractivity (Wildman–Crippen MR) is 88.4 cm³/mol. The fourth-order valence-electron chi connectivity index (χ4n) is 3.77. The average Bonchev–Trinajstić information content (AvgIpc) is 2.95. The van der Waals surface area contributed by atoms with E-state index in [0.717, 1.165) is 26.5 Å². The van der Waals surface area contributed by atoms with Crippen LogP contribution in [0.1, 0.15) is 32.1 Å². The number of hydrogen-bond donors (Lipinski definition) is 2. The molecule has 0 spiro atoms. The largest absolute Gasteiger partial charge is 0.399 e. The first kappa shape index (κ1) is 14.4. The van der Waals surface area contributed by atoms with Gasteiger partial charge in [-0.1, -0.05) is 6.42 Å². The van der Waals surface area contributed by atoms with E-state index in [1.54, 1.807) is 12.1 Å². The lowest BCUT2D eigenvalue weighted by Crippen LogP contribution is -2.20. The van der Waals surface area contributed by atoms with Crippen LogP contribution in [0.2, 0.25) is 0 Å². The Hall–Kier alpha value is -0.550. The highest BCUT2D eigenvalue weighted by atomic mass is 79.9. The Bertz CT molecular complexity index is 524. The summed E-state index contributed by atoms with van der Waals surface area (Å²) in [5.74, 6) is 2.35. The van der Waals surface area contributed by atoms with E-state index in [1.165, 1.54) is 25.7 Å². The molecule has 0 aromatic heterocycles. The van der Waals surface area contributed by atoms with Crippen LogP contribution in [0, 0.1) is 17.8 Å². The molecule has 3 N–H and O–H groups in total. The lowest BCUT2D eigenvalue weighted by Gasteiger charge is -2.21. The van der Waals surface area contributed by atoms with Gasteiger partial charge in [0.05, 0.1) is 5.69 Å². The minimum atomic E-state index is 0.105. The van der Waals surface area contributed by atoms with E-state index < -0.39 is 0 Å². The lowest BCUT2D eigenvalue weighted by molar-refractivity contribution is -0.117. The standard InChI is InChI=1S/C15H18Br2N2O/c16-12-6-11(18)7-13(17)15(12)19-14(20)5-10-4-8-1-2-9(10)3-8/h6-10H,1-5,18H2,(H,19,20). The molecule has 2 bridgehead atoms. The molecule has 2 aliphatic carbocycles. The van der Waals surface area contributed by atoms with Gasteiger partial charge in [0, 0.05) is 21.1 Å². The van der Waals surface area contributed by atoms with Crippen LogP contribution in [-0.2, 0) is 4.79 Å². The van der Waals surface area contributed by atoms with Gasteiger partial charge in [-0.05, 0) is 81.0 Å². The van der Waals surface area contributed by atoms with Gasteiger partial charge in [-0.2, -0.15) is 0 Å². The Kier molecular flexibility index (Phi) is 4.09. The molecule has 3 atom stereocenters. The number of carbonyl (C=O) groups excluding carboxylic acids is 1. The number of halogens is 2. The van der Waals surface area contributed by atoms with Crippen LogP contribution in [0.5, 0.6) is 0 Å². The van der Waals surface area contributed by atoms with Crippen molar-refractivity contribution in [1.82, 2.24) is 0 Å². The molecular weight excluding hydrogens is 384 g/mol. The number of rotatable bonds is 3. The Morgan fingerprint density at radius 1 is 1.25 bits per heavy atom. The molecule has 0 heterocycles. The second kappa shape index (κ2) is 5.68. The van der Waals surface area contributed by atoms with Gasteiger partial charge in [-0.15, -0.1) is 0 Å². The zero-order chi connectivity index (χ0) is 14.3. The van der Waals surface area contributed by atoms with Crippen LogP contribution in [-0.4, -0.2) is 5.91 Å². The van der Waals surface area contributed by atoms with Gasteiger partial charge >= 0.3 is 0 Å². The van der Waals surface area contributed by atoms with Crippen LogP contribution in [0.4, 0.5) is 11.4 Å². The van der Waals surface area contributed by atoms with Gasteiger partial charge in [0.1, 0.15) is 0 Å². The SMILES string of the molecule is Nc1cc(Br)c(NC(=O)CC2CC3CCC2C3)c(Br)c1. The van der Waals surface area contributed by atoms with Gasteiger partial charge < -0.3 is 11.1 Å². The predicted octanol–water partition coefficient (Wildman–Crippen LogP) is 4.56. The van der Waals surface area contributed by atoms with Gasteiger partial charge in [0.25, 0.3) is 0 Å². The van der Waals surface area contributed by atoms with Crippen LogP contribution >= 0.6 is 31.9 Å². The first-order valence-electron chi connectivity index (χ1n) is 7.07. The maximum atomic E-state index is 12.3. The number of fused-ring (bicyclic) bond motifs is 2. The molecule has 3 rings (SSSR count). The Morgan fingerprint density at radius 2 is 1.95 bits per heavy atom. The summed E-state index contributed by atoms with van der Waals surface area (Å²) in [6.45, 7) is 0. The van der Waals surface area contributed by atoms with Crippen molar-refractivity contribution in [1.29, 1.82) is 0 Å². The summed E-state index contributed by atoms with van der Waals surface area (Å²) in [5, 5.41) is 3.00. The number of amides is 1. The highest BCUT2D eigenvalue weighted by Gasteiger charge is 2.40. The van der Waals surface area contributed by atoms with Crippen LogP contribution < -0.4 is 11.1 Å². The van der Waals surface area contributed by atoms with E-state index in [2.05, 4.69) is 37.2 Å². The Morgan fingerprint density at radius 3 is 2.50 bits per heavy atom. The Labute approximate surface area is 135 Å². The second-order valence-electron chi connectivity index (χ2n) is 6.05. The first-order chi connectivity index (χ1) is 9.52. The third-order valence-corrected chi connectivity index (χ3v) is 5.91. The number of benzene rings is 1. The van der Waals surface area contributed by atoms with Crippen molar-refractivity contribution in [2.75, 3.05) is 11.1 Å². The molecular formula is C15H18Br2N2O. The van der Waals surface area contributed by atoms with Crippen molar-refractivity contribution < 1.29 is 4.79 Å². The molecule has 0 radical (unpaired) electrons. The smallest absolute Gasteiger partial charge is 0.224 e. The molecule has 5 heteroatoms. The van der Waals surface area contributed by atoms with Gasteiger partial charge in [0.2, 0.25) is 5.91 Å². The Balaban J connectivity index is 1.65. The molecule has 1 amide bonds. The lowest BCUT2D eigenvalue weighted by atomic mass is 9.86. The molecule has 2 aliphatic rings. The minimum absolute atomic E-state index is 0.105. The fourth-order valence-corrected chi connectivity index (χ4v) is 5.19. The topological polar surface area (TPSA) is 55.1 Å². The maximum absolute atomic E-state index is 12.3. The third kappa shape index (κ3) is 2.89. The molecule has 2 fully saturated rings. The van der Waals surface area contributed by atoms with Gasteiger partial charge in [-0.25, -0.2) is 0 Å². The number of carbonyl (C=O) groups is 1. The molecule has 20 heavy (non-hydrogen) atoms. The number of nitrogens with two attached hydrogens (primary N) is 1. The second-order valence-corrected chi connectivity index (χ2v) is 7.76. The number of hydrogen-bond acceptors (Lipinski definition) is 2. The van der Waals surface area contributed by atoms with E-state index >= 15 is 0 Å². The minimum Gasteiger partial charge on any atom is -0.399 e. The third-order valence-electron chi connectivity index (χ3n) is 4.66. The zero-order valence-corrected chi connectivity index (χ0v) is 14.3. The molecule has 0 saturated heterocycles. The molecule has 2 saturated carbocycles. The van der Waals surface area contributed by atoms with Crippen LogP contribution in [0.25, 0.3) is 0 Å². The van der Waals surface area contributed by atoms with Crippen molar-refractivity contribution in [3.8, 4) is 0 Å². The van der Waals surface area contributed by atoms with Crippen molar-refractivity contribution in [3.05, 3.63) is 21.1 Å². The molecule has 3 unspecified atom stereocenters. The van der Waals surface area contributed by atoms with Crippen molar-refractivity contribution in [3.63, 3.8) is 0 Å². The monoisotopic (exact) mass is 400 g/mol. The van der Waals surface area contributed by atoms with E-state index in [1.807, 2.05) is 0 Å². The summed E-state index contributed by atoms with van der Waals surface area (Å²) in [6, 6.07) is 3.61. The van der Waals surface area contributed by atoms with Crippen molar-refractivity contribution in [2.24, 2.45) is 17.8 Å². The van der Waals surface area contributed by atoms with E-state index in [4.69, 9.17) is 5.73 Å². The first-order valence-corrected chi connectivity index (χ1v) is 8.66. The zero-order valence-electron chi connectivity index (χ0n) is 11.2. The molecule has 0 aliphatic heterocycles. The van der Waals surface area contributed by atoms with Gasteiger partial charge in [-0.3, -0.25) is 4.79 Å². The van der Waals surface area contributed by atoms with E-state index in [0.29, 0.717) is 18.0 Å². The highest BCUT2D eigenvalue weighted by molar-refractivity contribution is 9.11. The normalized spacial score (nSPS) is 27.8. The summed E-state index contributed by atoms with van der Waals surface area (Å²) in [6.07, 6.45) is 5.91. The van der Waals surface area contributed by atoms with E-state index in [9.17, 15) is 4.79 Å². The molecule has 108 valence electrons. The van der Waals surface area contributed by atoms with E-state index in [-0.39, 0.29) is 5.91 Å². The summed E-state index contributed by atoms with van der Waals surface area (Å²) in [4.78, 5) is 12.3. The summed E-state index contributed by atoms with van der Waals surface area (Å²) in [5.41, 5.74) is 7.19. The maximum Gasteiger partial charge on any atom is 0.224 e. The summed E-state index contributed by atoms with van der Waals surface area (Å²) >= 11 is 6.89. The fraction of sp³-hybridized carbons (Fsp3) is 0.533. The number of anilines is 2. The summed E-state index contributed by atoms with van der Waals surface area (Å²) in [7, 11) is 0. The number of nitrogen functional groups attached to an aromatic ring is 1. The van der Waals surface area contributed by atoms with Crippen LogP contribution in [0.15, 0.2) is 21.1 Å². The molecule has 3 nitrogen and oxygen atoms in total. The van der Waals surface area contributed by atoms with Crippen LogP contribution in [0.3, 0.4) is 0 Å². The quantitative estimate of drug-likeness (QED) is 0.729. The van der Waals surface area contributed by atoms with Crippen molar-refractivity contribution >= 4 is 49.1 Å². The van der Waals surface area contributed by atoms with Crippen molar-refractivity contribution in [2.45, 2.75) is 32.1 Å². The number of nitrogens with one attached hydrogen (secondary N) is 1. The average molecular weight is 402 g/mol.